The van der Waals surface area contributed by atoms with Crippen molar-refractivity contribution in [3.8, 4) is 0 Å². The van der Waals surface area contributed by atoms with Crippen molar-refractivity contribution in [2.24, 2.45) is 0 Å². The zero-order valence-corrected chi connectivity index (χ0v) is 17.4. The molecule has 0 radical (unpaired) electrons. The SMILES string of the molecule is Cc1cc(Nc2cnccn2)cc(C2CCCN(CC(=O)Nc3ccccc3F)C2)n1. The standard InChI is InChI=1S/C23H25FN6O/c1-16-11-18(28-22-13-25-8-9-26-22)12-21(27-16)17-5-4-10-30(14-17)15-23(31)29-20-7-3-2-6-19(20)24/h2-3,6-9,11-13,17H,4-5,10,14-15H2,1H3,(H,29,31)(H,26,27,28). The number of pyridine rings is 1. The molecular formula is C23H25FN6O. The average Bonchev–Trinajstić information content (AvgIpc) is 2.76. The average molecular weight is 420 g/mol. The van der Waals surface area contributed by atoms with Gasteiger partial charge in [0.25, 0.3) is 0 Å². The number of benzene rings is 1. The van der Waals surface area contributed by atoms with Crippen molar-refractivity contribution in [2.75, 3.05) is 30.3 Å². The van der Waals surface area contributed by atoms with Crippen LogP contribution in [0.3, 0.4) is 0 Å². The fourth-order valence-electron chi connectivity index (χ4n) is 3.88. The minimum atomic E-state index is -0.431. The number of carbonyl (C=O) groups excluding carboxylic acids is 1. The molecule has 1 atom stereocenters. The summed E-state index contributed by atoms with van der Waals surface area (Å²) < 4.78 is 13.8. The van der Waals surface area contributed by atoms with Gasteiger partial charge in [-0.1, -0.05) is 12.1 Å². The maximum atomic E-state index is 13.8. The van der Waals surface area contributed by atoms with Gasteiger partial charge >= 0.3 is 0 Å². The monoisotopic (exact) mass is 420 g/mol. The van der Waals surface area contributed by atoms with Gasteiger partial charge < -0.3 is 10.6 Å². The highest BCUT2D eigenvalue weighted by atomic mass is 19.1. The van der Waals surface area contributed by atoms with E-state index >= 15 is 0 Å². The summed E-state index contributed by atoms with van der Waals surface area (Å²) in [7, 11) is 0. The Morgan fingerprint density at radius 3 is 2.94 bits per heavy atom. The van der Waals surface area contributed by atoms with Crippen molar-refractivity contribution in [3.63, 3.8) is 0 Å². The summed E-state index contributed by atoms with van der Waals surface area (Å²) in [4.78, 5) is 27.6. The molecule has 7 nitrogen and oxygen atoms in total. The molecule has 8 heteroatoms. The molecule has 2 aromatic heterocycles. The number of nitrogens with one attached hydrogen (secondary N) is 2. The van der Waals surface area contributed by atoms with Crippen LogP contribution < -0.4 is 10.6 Å². The van der Waals surface area contributed by atoms with E-state index < -0.39 is 5.82 Å². The second kappa shape index (κ2) is 9.61. The zero-order valence-electron chi connectivity index (χ0n) is 17.4. The Bertz CT molecular complexity index is 1050. The molecule has 0 bridgehead atoms. The molecule has 2 N–H and O–H groups in total. The summed E-state index contributed by atoms with van der Waals surface area (Å²) in [5.74, 6) is 0.249. The lowest BCUT2D eigenvalue weighted by atomic mass is 9.93. The van der Waals surface area contributed by atoms with E-state index in [1.54, 1.807) is 36.8 Å². The van der Waals surface area contributed by atoms with E-state index in [1.165, 1.54) is 6.07 Å². The molecule has 1 amide bonds. The van der Waals surface area contributed by atoms with E-state index in [-0.39, 0.29) is 24.1 Å². The second-order valence-electron chi connectivity index (χ2n) is 7.74. The Hall–Kier alpha value is -3.39. The number of anilines is 3. The molecule has 3 heterocycles. The summed E-state index contributed by atoms with van der Waals surface area (Å²) in [6.07, 6.45) is 6.93. The summed E-state index contributed by atoms with van der Waals surface area (Å²) in [5, 5.41) is 5.94. The van der Waals surface area contributed by atoms with Gasteiger partial charge in [0.2, 0.25) is 5.91 Å². The number of hydrogen-bond donors (Lipinski definition) is 2. The minimum Gasteiger partial charge on any atom is -0.339 e. The van der Waals surface area contributed by atoms with Crippen LogP contribution in [0.1, 0.15) is 30.1 Å². The van der Waals surface area contributed by atoms with Gasteiger partial charge in [-0.2, -0.15) is 0 Å². The Morgan fingerprint density at radius 1 is 1.26 bits per heavy atom. The second-order valence-corrected chi connectivity index (χ2v) is 7.74. The highest BCUT2D eigenvalue weighted by Crippen LogP contribution is 2.28. The van der Waals surface area contributed by atoms with Gasteiger partial charge in [0, 0.05) is 41.9 Å². The summed E-state index contributed by atoms with van der Waals surface area (Å²) >= 11 is 0. The number of hydrogen-bond acceptors (Lipinski definition) is 6. The van der Waals surface area contributed by atoms with Crippen LogP contribution in [-0.4, -0.2) is 45.4 Å². The molecule has 1 aliphatic rings. The molecule has 1 aromatic carbocycles. The molecule has 1 saturated heterocycles. The molecule has 0 spiro atoms. The molecule has 31 heavy (non-hydrogen) atoms. The minimum absolute atomic E-state index is 0.209. The first-order valence-electron chi connectivity index (χ1n) is 10.3. The van der Waals surface area contributed by atoms with Gasteiger partial charge in [-0.05, 0) is 50.6 Å². The quantitative estimate of drug-likeness (QED) is 0.630. The first-order chi connectivity index (χ1) is 15.1. The van der Waals surface area contributed by atoms with Gasteiger partial charge in [0.05, 0.1) is 18.4 Å². The number of para-hydroxylation sites is 1. The van der Waals surface area contributed by atoms with Crippen LogP contribution in [0.4, 0.5) is 21.6 Å². The van der Waals surface area contributed by atoms with E-state index in [1.807, 2.05) is 19.1 Å². The van der Waals surface area contributed by atoms with Crippen LogP contribution in [0.15, 0.2) is 55.0 Å². The largest absolute Gasteiger partial charge is 0.339 e. The van der Waals surface area contributed by atoms with E-state index in [0.29, 0.717) is 5.82 Å². The summed E-state index contributed by atoms with van der Waals surface area (Å²) in [6.45, 7) is 3.75. The van der Waals surface area contributed by atoms with Crippen molar-refractivity contribution >= 4 is 23.1 Å². The van der Waals surface area contributed by atoms with Gasteiger partial charge in [0.15, 0.2) is 0 Å². The Labute approximate surface area is 180 Å². The fourth-order valence-corrected chi connectivity index (χ4v) is 3.88. The van der Waals surface area contributed by atoms with Crippen LogP contribution in [0, 0.1) is 12.7 Å². The number of nitrogens with zero attached hydrogens (tertiary/aromatic N) is 4. The Morgan fingerprint density at radius 2 is 2.13 bits per heavy atom. The number of rotatable bonds is 6. The number of likely N-dealkylation sites (tertiary alicyclic amines) is 1. The zero-order chi connectivity index (χ0) is 21.6. The maximum absolute atomic E-state index is 13.8. The predicted molar refractivity (Wildman–Crippen MR) is 118 cm³/mol. The molecular weight excluding hydrogens is 395 g/mol. The molecule has 3 aromatic rings. The maximum Gasteiger partial charge on any atom is 0.238 e. The van der Waals surface area contributed by atoms with Crippen LogP contribution in [0.2, 0.25) is 0 Å². The third-order valence-corrected chi connectivity index (χ3v) is 5.25. The van der Waals surface area contributed by atoms with Crippen LogP contribution >= 0.6 is 0 Å². The molecule has 1 aliphatic heterocycles. The predicted octanol–water partition coefficient (Wildman–Crippen LogP) is 3.88. The van der Waals surface area contributed by atoms with Crippen LogP contribution in [-0.2, 0) is 4.79 Å². The lowest BCUT2D eigenvalue weighted by molar-refractivity contribution is -0.117. The van der Waals surface area contributed by atoms with Crippen molar-refractivity contribution in [1.29, 1.82) is 0 Å². The van der Waals surface area contributed by atoms with E-state index in [2.05, 4.69) is 25.5 Å². The summed E-state index contributed by atoms with van der Waals surface area (Å²) in [5.41, 5.74) is 3.03. The molecule has 160 valence electrons. The van der Waals surface area contributed by atoms with Crippen molar-refractivity contribution in [1.82, 2.24) is 19.9 Å². The fraction of sp³-hybridized carbons (Fsp3) is 0.304. The third kappa shape index (κ3) is 5.61. The van der Waals surface area contributed by atoms with Crippen molar-refractivity contribution in [2.45, 2.75) is 25.7 Å². The van der Waals surface area contributed by atoms with Crippen LogP contribution in [0.25, 0.3) is 0 Å². The Kier molecular flexibility index (Phi) is 6.47. The number of piperidine rings is 1. The topological polar surface area (TPSA) is 83.0 Å². The van der Waals surface area contributed by atoms with Crippen molar-refractivity contribution < 1.29 is 9.18 Å². The summed E-state index contributed by atoms with van der Waals surface area (Å²) in [6, 6.07) is 10.2. The molecule has 4 rings (SSSR count). The number of aromatic nitrogens is 3. The van der Waals surface area contributed by atoms with E-state index in [9.17, 15) is 9.18 Å². The molecule has 0 aliphatic carbocycles. The highest BCUT2D eigenvalue weighted by Gasteiger charge is 2.24. The van der Waals surface area contributed by atoms with E-state index in [0.717, 1.165) is 43.0 Å². The number of halogens is 1. The first kappa shape index (κ1) is 20.9. The molecule has 0 saturated carbocycles. The number of carbonyl (C=O) groups is 1. The molecule has 1 unspecified atom stereocenters. The third-order valence-electron chi connectivity index (χ3n) is 5.25. The Balaban J connectivity index is 1.41. The van der Waals surface area contributed by atoms with E-state index in [4.69, 9.17) is 4.98 Å². The highest BCUT2D eigenvalue weighted by molar-refractivity contribution is 5.92. The first-order valence-corrected chi connectivity index (χ1v) is 10.3. The lowest BCUT2D eigenvalue weighted by Crippen LogP contribution is -2.40. The van der Waals surface area contributed by atoms with Gasteiger partial charge in [-0.25, -0.2) is 9.37 Å². The van der Waals surface area contributed by atoms with Crippen molar-refractivity contribution in [3.05, 3.63) is 72.2 Å². The normalized spacial score (nSPS) is 16.6. The van der Waals surface area contributed by atoms with Crippen LogP contribution in [0.5, 0.6) is 0 Å². The van der Waals surface area contributed by atoms with Gasteiger partial charge in [-0.3, -0.25) is 19.7 Å². The lowest BCUT2D eigenvalue weighted by Gasteiger charge is -2.32. The number of amides is 1. The van der Waals surface area contributed by atoms with Gasteiger partial charge in [0.1, 0.15) is 11.6 Å². The van der Waals surface area contributed by atoms with Gasteiger partial charge in [-0.15, -0.1) is 0 Å². The number of aryl methyl sites for hydroxylation is 1. The smallest absolute Gasteiger partial charge is 0.238 e. The molecule has 1 fully saturated rings.